The molecule has 4 rings (SSSR count). The van der Waals surface area contributed by atoms with Crippen LogP contribution in [-0.2, 0) is 4.79 Å². The van der Waals surface area contributed by atoms with Gasteiger partial charge >= 0.3 is 0 Å². The van der Waals surface area contributed by atoms with Gasteiger partial charge in [0, 0.05) is 18.2 Å². The maximum atomic E-state index is 13.2. The molecule has 0 bridgehead atoms. The summed E-state index contributed by atoms with van der Waals surface area (Å²) in [5, 5.41) is 4.33. The van der Waals surface area contributed by atoms with Gasteiger partial charge < -0.3 is 0 Å². The second kappa shape index (κ2) is 4.62. The maximum Gasteiger partial charge on any atom is 0.150 e. The van der Waals surface area contributed by atoms with Gasteiger partial charge in [-0.2, -0.15) is 5.10 Å². The summed E-state index contributed by atoms with van der Waals surface area (Å²) < 4.78 is 15.0. The Hall–Kier alpha value is -2.30. The summed E-state index contributed by atoms with van der Waals surface area (Å²) in [4.78, 5) is 17.0. The first-order valence-corrected chi connectivity index (χ1v) is 7.13. The molecule has 1 aliphatic carbocycles. The first-order chi connectivity index (χ1) is 10.2. The lowest BCUT2D eigenvalue weighted by molar-refractivity contribution is -0.122. The van der Waals surface area contributed by atoms with Crippen molar-refractivity contribution in [3.8, 4) is 0 Å². The van der Waals surface area contributed by atoms with Crippen LogP contribution in [0.2, 0.25) is 0 Å². The van der Waals surface area contributed by atoms with Gasteiger partial charge in [-0.05, 0) is 30.5 Å². The molecule has 1 fully saturated rings. The van der Waals surface area contributed by atoms with E-state index in [0.717, 1.165) is 29.9 Å². The van der Waals surface area contributed by atoms with Crippen LogP contribution in [0.4, 0.5) is 10.2 Å². The molecule has 1 aromatic heterocycles. The van der Waals surface area contributed by atoms with Crippen LogP contribution in [0.15, 0.2) is 41.5 Å². The summed E-state index contributed by atoms with van der Waals surface area (Å²) in [5.74, 6) is 0.427. The van der Waals surface area contributed by atoms with E-state index in [1.54, 1.807) is 23.0 Å². The molecule has 106 valence electrons. The molecule has 2 unspecified atom stereocenters. The molecular weight excluding hydrogens is 269 g/mol. The van der Waals surface area contributed by atoms with Crippen LogP contribution in [0.5, 0.6) is 0 Å². The van der Waals surface area contributed by atoms with Crippen molar-refractivity contribution in [2.75, 3.05) is 0 Å². The number of aliphatic imine (C=N–C) groups is 1. The first kappa shape index (κ1) is 12.4. The molecule has 0 N–H and O–H groups in total. The lowest BCUT2D eigenvalue weighted by Crippen LogP contribution is -2.39. The number of aromatic nitrogens is 2. The Balaban J connectivity index is 1.88. The molecule has 2 aliphatic rings. The predicted molar refractivity (Wildman–Crippen MR) is 76.2 cm³/mol. The number of benzene rings is 1. The number of halogens is 1. The van der Waals surface area contributed by atoms with Gasteiger partial charge in [0.25, 0.3) is 0 Å². The van der Waals surface area contributed by atoms with Gasteiger partial charge in [-0.15, -0.1) is 0 Å². The highest BCUT2D eigenvalue weighted by Crippen LogP contribution is 2.40. The Morgan fingerprint density at radius 3 is 2.76 bits per heavy atom. The maximum absolute atomic E-state index is 13.2. The third kappa shape index (κ3) is 1.92. The van der Waals surface area contributed by atoms with Crippen molar-refractivity contribution in [2.45, 2.75) is 25.3 Å². The SMILES string of the molecule is O=C1CCCC2=Nc3ccnn3C(c3ccc(F)cc3)C12. The quantitative estimate of drug-likeness (QED) is 0.807. The number of ketones is 1. The van der Waals surface area contributed by atoms with Gasteiger partial charge in [0.05, 0.1) is 18.2 Å². The second-order valence-corrected chi connectivity index (χ2v) is 5.53. The number of nitrogens with zero attached hydrogens (tertiary/aromatic N) is 3. The van der Waals surface area contributed by atoms with E-state index >= 15 is 0 Å². The molecule has 2 atom stereocenters. The zero-order chi connectivity index (χ0) is 14.4. The number of fused-ring (bicyclic) bond motifs is 2. The highest BCUT2D eigenvalue weighted by atomic mass is 19.1. The van der Waals surface area contributed by atoms with Crippen molar-refractivity contribution in [1.29, 1.82) is 0 Å². The first-order valence-electron chi connectivity index (χ1n) is 7.13. The molecule has 1 saturated carbocycles. The van der Waals surface area contributed by atoms with E-state index in [1.807, 2.05) is 6.07 Å². The van der Waals surface area contributed by atoms with Gasteiger partial charge in [0.2, 0.25) is 0 Å². The van der Waals surface area contributed by atoms with Crippen LogP contribution < -0.4 is 0 Å². The topological polar surface area (TPSA) is 47.2 Å². The van der Waals surface area contributed by atoms with Crippen molar-refractivity contribution in [1.82, 2.24) is 9.78 Å². The number of hydrogen-bond donors (Lipinski definition) is 0. The van der Waals surface area contributed by atoms with E-state index in [0.29, 0.717) is 6.42 Å². The smallest absolute Gasteiger partial charge is 0.150 e. The summed E-state index contributed by atoms with van der Waals surface area (Å²) in [6, 6.07) is 7.95. The fourth-order valence-corrected chi connectivity index (χ4v) is 3.32. The zero-order valence-electron chi connectivity index (χ0n) is 11.4. The largest absolute Gasteiger partial charge is 0.299 e. The van der Waals surface area contributed by atoms with Crippen LogP contribution >= 0.6 is 0 Å². The molecule has 2 heterocycles. The third-order valence-corrected chi connectivity index (χ3v) is 4.26. The Labute approximate surface area is 121 Å². The zero-order valence-corrected chi connectivity index (χ0v) is 11.4. The van der Waals surface area contributed by atoms with Crippen molar-refractivity contribution in [3.63, 3.8) is 0 Å². The van der Waals surface area contributed by atoms with Gasteiger partial charge in [-0.25, -0.2) is 14.1 Å². The van der Waals surface area contributed by atoms with E-state index in [2.05, 4.69) is 10.1 Å². The lowest BCUT2D eigenvalue weighted by atomic mass is 9.77. The molecule has 0 radical (unpaired) electrons. The van der Waals surface area contributed by atoms with E-state index in [1.165, 1.54) is 12.1 Å². The van der Waals surface area contributed by atoms with E-state index in [9.17, 15) is 9.18 Å². The predicted octanol–water partition coefficient (Wildman–Crippen LogP) is 3.07. The molecule has 5 heteroatoms. The molecular formula is C16H14FN3O. The number of carbonyl (C=O) groups excluding carboxylic acids is 1. The van der Waals surface area contributed by atoms with Crippen LogP contribution in [-0.4, -0.2) is 21.3 Å². The molecule has 0 amide bonds. The van der Waals surface area contributed by atoms with Crippen LogP contribution in [0.1, 0.15) is 30.9 Å². The number of Topliss-reactive ketones (excluding diaryl/α,β-unsaturated/α-hetero) is 1. The summed E-state index contributed by atoms with van der Waals surface area (Å²) in [7, 11) is 0. The minimum atomic E-state index is -0.279. The fourth-order valence-electron chi connectivity index (χ4n) is 3.32. The van der Waals surface area contributed by atoms with Gasteiger partial charge in [0.15, 0.2) is 5.82 Å². The summed E-state index contributed by atoms with van der Waals surface area (Å²) in [5.41, 5.74) is 1.84. The van der Waals surface area contributed by atoms with Crippen LogP contribution in [0, 0.1) is 11.7 Å². The summed E-state index contributed by atoms with van der Waals surface area (Å²) >= 11 is 0. The minimum absolute atomic E-state index is 0.204. The van der Waals surface area contributed by atoms with Crippen molar-refractivity contribution in [2.24, 2.45) is 10.9 Å². The Morgan fingerprint density at radius 2 is 1.95 bits per heavy atom. The monoisotopic (exact) mass is 283 g/mol. The van der Waals surface area contributed by atoms with E-state index in [-0.39, 0.29) is 23.6 Å². The summed E-state index contributed by atoms with van der Waals surface area (Å²) in [6.07, 6.45) is 3.98. The van der Waals surface area contributed by atoms with Crippen molar-refractivity contribution in [3.05, 3.63) is 47.9 Å². The fraction of sp³-hybridized carbons (Fsp3) is 0.312. The van der Waals surface area contributed by atoms with Gasteiger partial charge in [-0.1, -0.05) is 12.1 Å². The van der Waals surface area contributed by atoms with Gasteiger partial charge in [0.1, 0.15) is 11.6 Å². The third-order valence-electron chi connectivity index (χ3n) is 4.26. The van der Waals surface area contributed by atoms with Gasteiger partial charge in [-0.3, -0.25) is 4.79 Å². The number of rotatable bonds is 1. The molecule has 1 aromatic carbocycles. The normalized spacial score (nSPS) is 24.2. The highest BCUT2D eigenvalue weighted by molar-refractivity contribution is 6.09. The minimum Gasteiger partial charge on any atom is -0.299 e. The molecule has 0 saturated heterocycles. The Morgan fingerprint density at radius 1 is 1.14 bits per heavy atom. The molecule has 21 heavy (non-hydrogen) atoms. The Kier molecular flexibility index (Phi) is 2.74. The highest BCUT2D eigenvalue weighted by Gasteiger charge is 2.40. The van der Waals surface area contributed by atoms with E-state index in [4.69, 9.17) is 0 Å². The van der Waals surface area contributed by atoms with E-state index < -0.39 is 0 Å². The average molecular weight is 283 g/mol. The molecule has 2 aromatic rings. The molecule has 4 nitrogen and oxygen atoms in total. The van der Waals surface area contributed by atoms with Crippen LogP contribution in [0.25, 0.3) is 0 Å². The molecule has 1 aliphatic heterocycles. The molecule has 0 spiro atoms. The van der Waals surface area contributed by atoms with Crippen molar-refractivity contribution < 1.29 is 9.18 Å². The standard InChI is InChI=1S/C16H14FN3O/c17-11-6-4-10(5-7-11)16-15-12(2-1-3-13(15)21)19-14-8-9-18-20(14)16/h4-9,15-16H,1-3H2. The van der Waals surface area contributed by atoms with Crippen LogP contribution in [0.3, 0.4) is 0 Å². The average Bonchev–Trinajstić information content (AvgIpc) is 2.94. The second-order valence-electron chi connectivity index (χ2n) is 5.53. The lowest BCUT2D eigenvalue weighted by Gasteiger charge is -2.34. The van der Waals surface area contributed by atoms with Crippen molar-refractivity contribution >= 4 is 17.3 Å². The Bertz CT molecular complexity index is 732. The number of carbonyl (C=O) groups is 1. The number of hydrogen-bond acceptors (Lipinski definition) is 3. The summed E-state index contributed by atoms with van der Waals surface area (Å²) in [6.45, 7) is 0.